The van der Waals surface area contributed by atoms with Crippen molar-refractivity contribution in [1.82, 2.24) is 15.0 Å². The Labute approximate surface area is 111 Å². The lowest BCUT2D eigenvalue weighted by Gasteiger charge is -1.99. The van der Waals surface area contributed by atoms with Crippen molar-refractivity contribution >= 4 is 34.3 Å². The summed E-state index contributed by atoms with van der Waals surface area (Å²) in [6, 6.07) is 9.78. The van der Waals surface area contributed by atoms with Crippen molar-refractivity contribution in [2.45, 2.75) is 10.1 Å². The molecule has 0 atom stereocenters. The summed E-state index contributed by atoms with van der Waals surface area (Å²) in [4.78, 5) is 10.6. The Kier molecular flexibility index (Phi) is 2.93. The second kappa shape index (κ2) is 4.59. The molecule has 0 saturated heterocycles. The van der Waals surface area contributed by atoms with Gasteiger partial charge in [0.15, 0.2) is 5.82 Å². The van der Waals surface area contributed by atoms with Crippen molar-refractivity contribution in [2.24, 2.45) is 0 Å². The number of halogens is 2. The maximum absolute atomic E-state index is 13.5. The molecule has 2 heterocycles. The van der Waals surface area contributed by atoms with Crippen LogP contribution in [0.4, 0.5) is 4.39 Å². The molecule has 0 spiro atoms. The predicted octanol–water partition coefficient (Wildman–Crippen LogP) is 3.90. The summed E-state index contributed by atoms with van der Waals surface area (Å²) in [5.74, 6) is -0.483. The van der Waals surface area contributed by atoms with Gasteiger partial charge in [-0.3, -0.25) is 0 Å². The number of fused-ring (bicyclic) bond motifs is 1. The molecule has 3 aromatic rings. The highest BCUT2D eigenvalue weighted by atomic mass is 35.5. The molecule has 1 aromatic carbocycles. The van der Waals surface area contributed by atoms with Gasteiger partial charge in [-0.05, 0) is 35.5 Å². The number of benzene rings is 1. The first-order valence-corrected chi connectivity index (χ1v) is 6.35. The third kappa shape index (κ3) is 2.19. The molecule has 0 aliphatic rings. The van der Waals surface area contributed by atoms with E-state index in [1.54, 1.807) is 0 Å². The molecule has 0 amide bonds. The van der Waals surface area contributed by atoms with Crippen LogP contribution in [0.1, 0.15) is 0 Å². The molecule has 0 bridgehead atoms. The first-order chi connectivity index (χ1) is 8.72. The average molecular weight is 280 g/mol. The van der Waals surface area contributed by atoms with Gasteiger partial charge in [0.05, 0.1) is 11.2 Å². The van der Waals surface area contributed by atoms with Gasteiger partial charge in [-0.15, -0.1) is 0 Å². The minimum atomic E-state index is -0.483. The Morgan fingerprint density at radius 3 is 2.94 bits per heavy atom. The summed E-state index contributed by atoms with van der Waals surface area (Å²) in [6.45, 7) is 0. The number of aromatic amines is 1. The van der Waals surface area contributed by atoms with Gasteiger partial charge in [-0.2, -0.15) is 0 Å². The molecule has 18 heavy (non-hydrogen) atoms. The molecule has 0 radical (unpaired) electrons. The van der Waals surface area contributed by atoms with Crippen LogP contribution in [-0.4, -0.2) is 15.0 Å². The Hall–Kier alpha value is -1.59. The number of para-hydroxylation sites is 1. The van der Waals surface area contributed by atoms with Crippen molar-refractivity contribution in [3.05, 3.63) is 47.6 Å². The fourth-order valence-electron chi connectivity index (χ4n) is 1.61. The highest BCUT2D eigenvalue weighted by Gasteiger charge is 2.09. The third-order valence-corrected chi connectivity index (χ3v) is 3.50. The summed E-state index contributed by atoms with van der Waals surface area (Å²) >= 11 is 6.84. The van der Waals surface area contributed by atoms with E-state index in [4.69, 9.17) is 11.6 Å². The van der Waals surface area contributed by atoms with E-state index in [1.165, 1.54) is 11.8 Å². The summed E-state index contributed by atoms with van der Waals surface area (Å²) in [5.41, 5.74) is 1.00. The van der Waals surface area contributed by atoms with Crippen LogP contribution in [-0.2, 0) is 0 Å². The minimum absolute atomic E-state index is 0.0370. The monoisotopic (exact) mass is 279 g/mol. The van der Waals surface area contributed by atoms with Crippen LogP contribution < -0.4 is 0 Å². The fourth-order valence-corrected chi connectivity index (χ4v) is 2.63. The number of nitrogens with one attached hydrogen (secondary N) is 1. The fraction of sp³-hybridized carbons (Fsp3) is 0. The van der Waals surface area contributed by atoms with Gasteiger partial charge in [-0.25, -0.2) is 14.4 Å². The van der Waals surface area contributed by atoms with Gasteiger partial charge in [0, 0.05) is 10.9 Å². The number of hydrogen-bond donors (Lipinski definition) is 1. The average Bonchev–Trinajstić information content (AvgIpc) is 2.76. The Morgan fingerprint density at radius 2 is 2.11 bits per heavy atom. The summed E-state index contributed by atoms with van der Waals surface area (Å²) in [5, 5.41) is 2.13. The van der Waals surface area contributed by atoms with E-state index in [2.05, 4.69) is 15.0 Å². The zero-order valence-corrected chi connectivity index (χ0v) is 10.6. The van der Waals surface area contributed by atoms with Crippen molar-refractivity contribution in [3.63, 3.8) is 0 Å². The minimum Gasteiger partial charge on any atom is -0.349 e. The van der Waals surface area contributed by atoms with E-state index in [0.717, 1.165) is 22.1 Å². The van der Waals surface area contributed by atoms with Gasteiger partial charge < -0.3 is 4.98 Å². The zero-order valence-electron chi connectivity index (χ0n) is 9.02. The number of rotatable bonds is 2. The van der Waals surface area contributed by atoms with E-state index >= 15 is 0 Å². The van der Waals surface area contributed by atoms with Crippen LogP contribution in [0.15, 0.2) is 46.6 Å². The standard InChI is InChI=1S/C12H7ClFN3S/c13-12-15-6-8(14)11(17-12)18-10-5-7-3-1-2-4-9(7)16-10/h1-6,16H. The summed E-state index contributed by atoms with van der Waals surface area (Å²) in [6.07, 6.45) is 1.07. The van der Waals surface area contributed by atoms with Crippen molar-refractivity contribution < 1.29 is 4.39 Å². The Morgan fingerprint density at radius 1 is 1.28 bits per heavy atom. The van der Waals surface area contributed by atoms with E-state index in [0.29, 0.717) is 0 Å². The molecule has 90 valence electrons. The molecule has 3 nitrogen and oxygen atoms in total. The Bertz CT molecular complexity index is 680. The maximum atomic E-state index is 13.5. The van der Waals surface area contributed by atoms with Gasteiger partial charge >= 0.3 is 0 Å². The van der Waals surface area contributed by atoms with Crippen LogP contribution in [0.25, 0.3) is 10.9 Å². The lowest BCUT2D eigenvalue weighted by Crippen LogP contribution is -1.90. The highest BCUT2D eigenvalue weighted by Crippen LogP contribution is 2.30. The van der Waals surface area contributed by atoms with Crippen molar-refractivity contribution in [1.29, 1.82) is 0 Å². The molecule has 0 unspecified atom stereocenters. The van der Waals surface area contributed by atoms with Crippen LogP contribution in [0.5, 0.6) is 0 Å². The number of aromatic nitrogens is 3. The lowest BCUT2D eigenvalue weighted by molar-refractivity contribution is 0.579. The van der Waals surface area contributed by atoms with E-state index in [9.17, 15) is 4.39 Å². The first kappa shape index (κ1) is 11.5. The van der Waals surface area contributed by atoms with Crippen LogP contribution in [0, 0.1) is 5.82 Å². The highest BCUT2D eigenvalue weighted by molar-refractivity contribution is 7.99. The normalized spacial score (nSPS) is 11.0. The summed E-state index contributed by atoms with van der Waals surface area (Å²) in [7, 11) is 0. The van der Waals surface area contributed by atoms with Crippen molar-refractivity contribution in [2.75, 3.05) is 0 Å². The molecule has 3 rings (SSSR count). The molecule has 0 saturated carbocycles. The van der Waals surface area contributed by atoms with Crippen LogP contribution in [0.2, 0.25) is 5.28 Å². The number of hydrogen-bond acceptors (Lipinski definition) is 3. The quantitative estimate of drug-likeness (QED) is 0.571. The summed E-state index contributed by atoms with van der Waals surface area (Å²) < 4.78 is 13.5. The molecular formula is C12H7ClFN3S. The topological polar surface area (TPSA) is 41.6 Å². The molecule has 1 N–H and O–H groups in total. The Balaban J connectivity index is 1.98. The molecule has 0 aliphatic carbocycles. The SMILES string of the molecule is Fc1cnc(Cl)nc1Sc1cc2ccccc2[nH]1. The van der Waals surface area contributed by atoms with E-state index in [1.807, 2.05) is 30.3 Å². The number of H-pyrrole nitrogens is 1. The molecule has 2 aromatic heterocycles. The van der Waals surface area contributed by atoms with Crippen LogP contribution >= 0.6 is 23.4 Å². The largest absolute Gasteiger partial charge is 0.349 e. The molecule has 6 heteroatoms. The molecular weight excluding hydrogens is 273 g/mol. The first-order valence-electron chi connectivity index (χ1n) is 5.16. The maximum Gasteiger partial charge on any atom is 0.223 e. The zero-order chi connectivity index (χ0) is 12.5. The van der Waals surface area contributed by atoms with Crippen molar-refractivity contribution in [3.8, 4) is 0 Å². The van der Waals surface area contributed by atoms with E-state index < -0.39 is 5.82 Å². The van der Waals surface area contributed by atoms with E-state index in [-0.39, 0.29) is 10.3 Å². The van der Waals surface area contributed by atoms with Crippen LogP contribution in [0.3, 0.4) is 0 Å². The number of nitrogens with zero attached hydrogens (tertiary/aromatic N) is 2. The second-order valence-electron chi connectivity index (χ2n) is 3.62. The van der Waals surface area contributed by atoms with Gasteiger partial charge in [0.25, 0.3) is 0 Å². The molecule has 0 aliphatic heterocycles. The predicted molar refractivity (Wildman–Crippen MR) is 69.4 cm³/mol. The molecule has 0 fully saturated rings. The second-order valence-corrected chi connectivity index (χ2v) is 4.98. The van der Waals surface area contributed by atoms with Gasteiger partial charge in [0.2, 0.25) is 5.28 Å². The lowest BCUT2D eigenvalue weighted by atomic mass is 10.3. The van der Waals surface area contributed by atoms with Gasteiger partial charge in [0.1, 0.15) is 5.03 Å². The smallest absolute Gasteiger partial charge is 0.223 e. The van der Waals surface area contributed by atoms with Gasteiger partial charge in [-0.1, -0.05) is 18.2 Å². The third-order valence-electron chi connectivity index (χ3n) is 2.39.